The third-order valence-corrected chi connectivity index (χ3v) is 7.30. The Morgan fingerprint density at radius 3 is 2.27 bits per heavy atom. The largest absolute Gasteiger partial charge is 0.330 e. The van der Waals surface area contributed by atoms with Crippen LogP contribution in [0.3, 0.4) is 0 Å². The van der Waals surface area contributed by atoms with Gasteiger partial charge in [-0.2, -0.15) is 0 Å². The second kappa shape index (κ2) is 3.20. The van der Waals surface area contributed by atoms with E-state index in [-0.39, 0.29) is 0 Å². The molecular weight excluding hydrogens is 210 g/mol. The number of sulfone groups is 1. The molecule has 3 nitrogen and oxygen atoms in total. The molecule has 1 heterocycles. The maximum absolute atomic E-state index is 11.9. The van der Waals surface area contributed by atoms with Gasteiger partial charge in [0.15, 0.2) is 9.84 Å². The van der Waals surface area contributed by atoms with Gasteiger partial charge in [-0.1, -0.05) is 0 Å². The SMILES string of the molecule is CC1(C)C(CC2(CN)CC2)CCS1(=O)=O. The van der Waals surface area contributed by atoms with Crippen molar-refractivity contribution in [2.45, 2.75) is 44.3 Å². The summed E-state index contributed by atoms with van der Waals surface area (Å²) >= 11 is 0. The summed E-state index contributed by atoms with van der Waals surface area (Å²) in [5.74, 6) is 0.680. The molecule has 0 aromatic carbocycles. The molecule has 1 aliphatic carbocycles. The van der Waals surface area contributed by atoms with Crippen molar-refractivity contribution in [3.8, 4) is 0 Å². The summed E-state index contributed by atoms with van der Waals surface area (Å²) in [6, 6.07) is 0. The predicted octanol–water partition coefficient (Wildman–Crippen LogP) is 1.33. The van der Waals surface area contributed by atoms with E-state index in [1.807, 2.05) is 13.8 Å². The van der Waals surface area contributed by atoms with Gasteiger partial charge in [-0.25, -0.2) is 8.42 Å². The van der Waals surface area contributed by atoms with Gasteiger partial charge in [0.25, 0.3) is 0 Å². The lowest BCUT2D eigenvalue weighted by molar-refractivity contribution is 0.310. The van der Waals surface area contributed by atoms with Crippen LogP contribution in [-0.4, -0.2) is 25.5 Å². The third-order valence-electron chi connectivity index (χ3n) is 4.59. The second-order valence-electron chi connectivity index (χ2n) is 5.82. The molecule has 0 aromatic heterocycles. The van der Waals surface area contributed by atoms with Crippen LogP contribution in [0.5, 0.6) is 0 Å². The van der Waals surface area contributed by atoms with Gasteiger partial charge >= 0.3 is 0 Å². The first-order valence-electron chi connectivity index (χ1n) is 5.75. The Labute approximate surface area is 92.3 Å². The Kier molecular flexibility index (Phi) is 2.43. The summed E-state index contributed by atoms with van der Waals surface area (Å²) in [6.07, 6.45) is 4.22. The van der Waals surface area contributed by atoms with Crippen LogP contribution >= 0.6 is 0 Å². The molecule has 1 saturated carbocycles. The highest BCUT2D eigenvalue weighted by Crippen LogP contribution is 2.54. The molecule has 0 aromatic rings. The van der Waals surface area contributed by atoms with Crippen molar-refractivity contribution in [1.82, 2.24) is 0 Å². The highest BCUT2D eigenvalue weighted by Gasteiger charge is 2.52. The summed E-state index contributed by atoms with van der Waals surface area (Å²) in [6.45, 7) is 4.48. The van der Waals surface area contributed by atoms with Crippen LogP contribution in [0.1, 0.15) is 39.5 Å². The molecule has 2 aliphatic rings. The Morgan fingerprint density at radius 1 is 1.33 bits per heavy atom. The molecule has 0 bridgehead atoms. The molecule has 2 N–H and O–H groups in total. The number of hydrogen-bond donors (Lipinski definition) is 1. The lowest BCUT2D eigenvalue weighted by Gasteiger charge is -2.28. The second-order valence-corrected chi connectivity index (χ2v) is 8.51. The molecule has 2 rings (SSSR count). The minimum atomic E-state index is -2.87. The number of rotatable bonds is 3. The molecule has 88 valence electrons. The third kappa shape index (κ3) is 1.72. The molecule has 1 aliphatic heterocycles. The molecule has 1 atom stereocenters. The zero-order chi connectivity index (χ0) is 11.3. The smallest absolute Gasteiger partial charge is 0.155 e. The molecule has 0 radical (unpaired) electrons. The summed E-state index contributed by atoms with van der Waals surface area (Å²) in [4.78, 5) is 0. The van der Waals surface area contributed by atoms with Crippen molar-refractivity contribution in [3.63, 3.8) is 0 Å². The Balaban J connectivity index is 2.13. The van der Waals surface area contributed by atoms with Gasteiger partial charge in [0, 0.05) is 0 Å². The lowest BCUT2D eigenvalue weighted by atomic mass is 9.82. The number of hydrogen-bond acceptors (Lipinski definition) is 3. The van der Waals surface area contributed by atoms with Crippen molar-refractivity contribution in [2.75, 3.05) is 12.3 Å². The van der Waals surface area contributed by atoms with Gasteiger partial charge in [-0.3, -0.25) is 0 Å². The molecule has 1 saturated heterocycles. The highest BCUT2D eigenvalue weighted by atomic mass is 32.2. The zero-order valence-electron chi connectivity index (χ0n) is 9.62. The van der Waals surface area contributed by atoms with Gasteiger partial charge in [0.2, 0.25) is 0 Å². The van der Waals surface area contributed by atoms with E-state index < -0.39 is 14.6 Å². The van der Waals surface area contributed by atoms with Gasteiger partial charge in [-0.15, -0.1) is 0 Å². The standard InChI is InChI=1S/C11H21NO2S/c1-10(2)9(3-6-15(10,13)14)7-11(8-12)4-5-11/h9H,3-8,12H2,1-2H3. The normalized spacial score (nSPS) is 35.3. The first-order chi connectivity index (χ1) is 6.83. The summed E-state index contributed by atoms with van der Waals surface area (Å²) in [7, 11) is -2.87. The van der Waals surface area contributed by atoms with Gasteiger partial charge in [-0.05, 0) is 57.4 Å². The average molecular weight is 231 g/mol. The molecule has 2 fully saturated rings. The van der Waals surface area contributed by atoms with Crippen LogP contribution in [0.15, 0.2) is 0 Å². The van der Waals surface area contributed by atoms with E-state index in [0.29, 0.717) is 17.1 Å². The molecule has 0 amide bonds. The number of nitrogens with two attached hydrogens (primary N) is 1. The topological polar surface area (TPSA) is 60.2 Å². The quantitative estimate of drug-likeness (QED) is 0.797. The first kappa shape index (κ1) is 11.4. The van der Waals surface area contributed by atoms with Crippen LogP contribution < -0.4 is 5.73 Å². The van der Waals surface area contributed by atoms with Crippen molar-refractivity contribution in [3.05, 3.63) is 0 Å². The lowest BCUT2D eigenvalue weighted by Crippen LogP contribution is -2.35. The molecule has 1 unspecified atom stereocenters. The van der Waals surface area contributed by atoms with Crippen molar-refractivity contribution in [1.29, 1.82) is 0 Å². The van der Waals surface area contributed by atoms with Crippen LogP contribution in [0.2, 0.25) is 0 Å². The van der Waals surface area contributed by atoms with Crippen LogP contribution in [0.4, 0.5) is 0 Å². The van der Waals surface area contributed by atoms with Crippen LogP contribution in [-0.2, 0) is 9.84 Å². The van der Waals surface area contributed by atoms with E-state index in [0.717, 1.165) is 19.4 Å². The van der Waals surface area contributed by atoms with E-state index in [1.165, 1.54) is 12.8 Å². The molecular formula is C11H21NO2S. The molecule has 4 heteroatoms. The first-order valence-corrected chi connectivity index (χ1v) is 7.41. The van der Waals surface area contributed by atoms with E-state index >= 15 is 0 Å². The Hall–Kier alpha value is -0.0900. The van der Waals surface area contributed by atoms with Crippen molar-refractivity contribution in [2.24, 2.45) is 17.1 Å². The van der Waals surface area contributed by atoms with Gasteiger partial charge < -0.3 is 5.73 Å². The van der Waals surface area contributed by atoms with E-state index in [4.69, 9.17) is 5.73 Å². The monoisotopic (exact) mass is 231 g/mol. The minimum Gasteiger partial charge on any atom is -0.330 e. The van der Waals surface area contributed by atoms with Crippen molar-refractivity contribution < 1.29 is 8.42 Å². The van der Waals surface area contributed by atoms with Crippen LogP contribution in [0, 0.1) is 11.3 Å². The maximum atomic E-state index is 11.9. The van der Waals surface area contributed by atoms with E-state index in [2.05, 4.69) is 0 Å². The Bertz CT molecular complexity index is 355. The van der Waals surface area contributed by atoms with E-state index in [9.17, 15) is 8.42 Å². The summed E-state index contributed by atoms with van der Waals surface area (Å²) in [5.41, 5.74) is 6.05. The van der Waals surface area contributed by atoms with Crippen LogP contribution in [0.25, 0.3) is 0 Å². The minimum absolute atomic E-state index is 0.293. The van der Waals surface area contributed by atoms with Gasteiger partial charge in [0.1, 0.15) is 0 Å². The van der Waals surface area contributed by atoms with Gasteiger partial charge in [0.05, 0.1) is 10.5 Å². The van der Waals surface area contributed by atoms with E-state index in [1.54, 1.807) is 0 Å². The fourth-order valence-corrected chi connectivity index (χ4v) is 4.53. The predicted molar refractivity (Wildman–Crippen MR) is 61.3 cm³/mol. The summed E-state index contributed by atoms with van der Waals surface area (Å²) < 4.78 is 23.2. The molecule has 0 spiro atoms. The fourth-order valence-electron chi connectivity index (χ4n) is 2.70. The summed E-state index contributed by atoms with van der Waals surface area (Å²) in [5, 5.41) is 0. The maximum Gasteiger partial charge on any atom is 0.155 e. The van der Waals surface area contributed by atoms with Crippen molar-refractivity contribution >= 4 is 9.84 Å². The average Bonchev–Trinajstić information content (AvgIpc) is 2.88. The molecule has 15 heavy (non-hydrogen) atoms. The zero-order valence-corrected chi connectivity index (χ0v) is 10.4. The fraction of sp³-hybridized carbons (Fsp3) is 1.00. The Morgan fingerprint density at radius 2 is 1.93 bits per heavy atom. The highest BCUT2D eigenvalue weighted by molar-refractivity contribution is 7.93.